The number of pyridine rings is 1. The molecule has 0 bridgehead atoms. The van der Waals surface area contributed by atoms with Crippen LogP contribution < -0.4 is 16.0 Å². The molecule has 0 fully saturated rings. The lowest BCUT2D eigenvalue weighted by atomic mass is 10.3. The van der Waals surface area contributed by atoms with Gasteiger partial charge in [0, 0.05) is 25.1 Å². The largest absolute Gasteiger partial charge is 0.465 e. The van der Waals surface area contributed by atoms with E-state index in [2.05, 4.69) is 4.98 Å². The van der Waals surface area contributed by atoms with Crippen molar-refractivity contribution in [3.8, 4) is 11.6 Å². The maximum absolute atomic E-state index is 14.8. The SMILES string of the molecule is COCCOCCOC(=O)COc1ncc(F)cc1Sc1cc(-n2c(=O)cc(C(F)(F)F)n(C)c2=O)c(F)cc1Cl. The second-order valence-electron chi connectivity index (χ2n) is 7.95. The van der Waals surface area contributed by atoms with E-state index >= 15 is 0 Å². The zero-order chi connectivity index (χ0) is 30.3. The van der Waals surface area contributed by atoms with Gasteiger partial charge in [0.15, 0.2) is 6.61 Å². The number of carbonyl (C=O) groups excluding carboxylic acids is 1. The Balaban J connectivity index is 1.86. The van der Waals surface area contributed by atoms with E-state index in [-0.39, 0.29) is 49.1 Å². The second-order valence-corrected chi connectivity index (χ2v) is 9.44. The highest BCUT2D eigenvalue weighted by molar-refractivity contribution is 7.99. The molecule has 0 aliphatic heterocycles. The van der Waals surface area contributed by atoms with Crippen molar-refractivity contribution in [3.05, 3.63) is 73.7 Å². The Morgan fingerprint density at radius 3 is 2.44 bits per heavy atom. The maximum Gasteiger partial charge on any atom is 0.431 e. The first-order valence-electron chi connectivity index (χ1n) is 11.4. The van der Waals surface area contributed by atoms with Crippen LogP contribution in [-0.4, -0.2) is 60.2 Å². The van der Waals surface area contributed by atoms with Crippen LogP contribution in [0.2, 0.25) is 5.02 Å². The van der Waals surface area contributed by atoms with Crippen molar-refractivity contribution in [2.24, 2.45) is 7.05 Å². The summed E-state index contributed by atoms with van der Waals surface area (Å²) in [5.41, 5.74) is -5.16. The Morgan fingerprint density at radius 2 is 1.76 bits per heavy atom. The van der Waals surface area contributed by atoms with E-state index in [1.807, 2.05) is 0 Å². The number of halogens is 6. The molecule has 2 aromatic heterocycles. The Hall–Kier alpha value is -3.47. The third kappa shape index (κ3) is 8.28. The first-order valence-corrected chi connectivity index (χ1v) is 12.6. The van der Waals surface area contributed by atoms with Gasteiger partial charge in [-0.2, -0.15) is 13.2 Å². The van der Waals surface area contributed by atoms with Crippen LogP contribution in [0.5, 0.6) is 5.88 Å². The molecule has 0 atom stereocenters. The van der Waals surface area contributed by atoms with Crippen LogP contribution in [0.25, 0.3) is 5.69 Å². The Bertz CT molecular complexity index is 1530. The average molecular weight is 626 g/mol. The highest BCUT2D eigenvalue weighted by Gasteiger charge is 2.35. The van der Waals surface area contributed by atoms with E-state index in [1.54, 1.807) is 0 Å². The molecule has 0 saturated heterocycles. The molecule has 3 aromatic rings. The van der Waals surface area contributed by atoms with Crippen molar-refractivity contribution in [3.63, 3.8) is 0 Å². The lowest BCUT2D eigenvalue weighted by Crippen LogP contribution is -2.41. The summed E-state index contributed by atoms with van der Waals surface area (Å²) in [6.45, 7) is 0.0949. The minimum absolute atomic E-state index is 0.0483. The van der Waals surface area contributed by atoms with Crippen LogP contribution in [0, 0.1) is 11.6 Å². The lowest BCUT2D eigenvalue weighted by Gasteiger charge is -2.15. The van der Waals surface area contributed by atoms with Gasteiger partial charge in [0.25, 0.3) is 5.56 Å². The summed E-state index contributed by atoms with van der Waals surface area (Å²) >= 11 is 6.79. The number of hydrogen-bond acceptors (Lipinski definition) is 9. The van der Waals surface area contributed by atoms with Gasteiger partial charge in [0.05, 0.1) is 41.6 Å². The number of hydrogen-bond donors (Lipinski definition) is 0. The fourth-order valence-electron chi connectivity index (χ4n) is 3.22. The molecule has 10 nitrogen and oxygen atoms in total. The number of ether oxygens (including phenoxy) is 4. The van der Waals surface area contributed by atoms with Gasteiger partial charge < -0.3 is 18.9 Å². The molecule has 0 aliphatic carbocycles. The van der Waals surface area contributed by atoms with E-state index in [0.29, 0.717) is 25.0 Å². The predicted molar refractivity (Wildman–Crippen MR) is 135 cm³/mol. The van der Waals surface area contributed by atoms with Crippen LogP contribution >= 0.6 is 23.4 Å². The lowest BCUT2D eigenvalue weighted by molar-refractivity contribution is -0.147. The third-order valence-corrected chi connectivity index (χ3v) is 6.60. The van der Waals surface area contributed by atoms with E-state index < -0.39 is 53.0 Å². The molecule has 222 valence electrons. The van der Waals surface area contributed by atoms with Gasteiger partial charge in [-0.15, -0.1) is 0 Å². The van der Waals surface area contributed by atoms with Crippen molar-refractivity contribution in [2.75, 3.05) is 40.1 Å². The minimum atomic E-state index is -5.02. The summed E-state index contributed by atoms with van der Waals surface area (Å²) in [6.07, 6.45) is -4.21. The number of esters is 1. The molecule has 0 radical (unpaired) electrons. The molecule has 3 rings (SSSR count). The minimum Gasteiger partial charge on any atom is -0.465 e. The molecule has 0 unspecified atom stereocenters. The summed E-state index contributed by atoms with van der Waals surface area (Å²) in [7, 11) is 2.27. The third-order valence-electron chi connectivity index (χ3n) is 5.11. The summed E-state index contributed by atoms with van der Waals surface area (Å²) in [4.78, 5) is 40.8. The zero-order valence-electron chi connectivity index (χ0n) is 21.3. The number of aromatic nitrogens is 3. The van der Waals surface area contributed by atoms with Crippen molar-refractivity contribution in [2.45, 2.75) is 16.0 Å². The number of benzene rings is 1. The molecule has 41 heavy (non-hydrogen) atoms. The van der Waals surface area contributed by atoms with Crippen LogP contribution in [0.1, 0.15) is 5.69 Å². The maximum atomic E-state index is 14.8. The van der Waals surface area contributed by atoms with Gasteiger partial charge in [-0.25, -0.2) is 27.9 Å². The highest BCUT2D eigenvalue weighted by Crippen LogP contribution is 2.39. The number of methoxy groups -OCH3 is 1. The van der Waals surface area contributed by atoms with Crippen LogP contribution in [0.4, 0.5) is 22.0 Å². The summed E-state index contributed by atoms with van der Waals surface area (Å²) < 4.78 is 89.0. The van der Waals surface area contributed by atoms with Gasteiger partial charge in [-0.1, -0.05) is 23.4 Å². The Labute approximate surface area is 237 Å². The molecule has 0 N–H and O–H groups in total. The van der Waals surface area contributed by atoms with E-state index in [4.69, 9.17) is 30.5 Å². The van der Waals surface area contributed by atoms with E-state index in [0.717, 1.165) is 31.4 Å². The molecular weight excluding hydrogens is 605 g/mol. The Morgan fingerprint density at radius 1 is 1.05 bits per heavy atom. The number of rotatable bonds is 12. The molecule has 0 aliphatic rings. The average Bonchev–Trinajstić information content (AvgIpc) is 2.89. The van der Waals surface area contributed by atoms with Gasteiger partial charge in [-0.05, 0) is 18.2 Å². The van der Waals surface area contributed by atoms with Crippen molar-refractivity contribution < 1.29 is 45.7 Å². The van der Waals surface area contributed by atoms with Crippen molar-refractivity contribution >= 4 is 29.3 Å². The molecule has 2 heterocycles. The molecule has 0 spiro atoms. The smallest absolute Gasteiger partial charge is 0.431 e. The van der Waals surface area contributed by atoms with Gasteiger partial charge in [-0.3, -0.25) is 9.36 Å². The first-order chi connectivity index (χ1) is 19.3. The zero-order valence-corrected chi connectivity index (χ0v) is 22.9. The summed E-state index contributed by atoms with van der Waals surface area (Å²) in [5.74, 6) is -3.04. The van der Waals surface area contributed by atoms with Crippen LogP contribution in [-0.2, 0) is 32.2 Å². The fourth-order valence-corrected chi connectivity index (χ4v) is 4.42. The standard InChI is InChI=1S/C24H21ClF5N3O7S/c1-32-19(24(28,29)30)10-20(34)33(23(32)36)16-9-17(14(25)8-15(16)27)41-18-7-13(26)11-31-22(18)40-12-21(35)39-6-5-38-4-3-37-2/h7-11H,3-6,12H2,1-2H3. The van der Waals surface area contributed by atoms with E-state index in [9.17, 15) is 36.3 Å². The fraction of sp³-hybridized carbons (Fsp3) is 0.333. The van der Waals surface area contributed by atoms with Crippen LogP contribution in [0.3, 0.4) is 0 Å². The second kappa shape index (κ2) is 13.9. The van der Waals surface area contributed by atoms with Gasteiger partial charge in [0.2, 0.25) is 5.88 Å². The Kier molecular flexibility index (Phi) is 10.9. The summed E-state index contributed by atoms with van der Waals surface area (Å²) in [5, 5.41) is -0.254. The first kappa shape index (κ1) is 32.0. The highest BCUT2D eigenvalue weighted by atomic mass is 35.5. The quantitative estimate of drug-likeness (QED) is 0.169. The molecule has 0 amide bonds. The van der Waals surface area contributed by atoms with Crippen molar-refractivity contribution in [1.29, 1.82) is 0 Å². The number of alkyl halides is 3. The van der Waals surface area contributed by atoms with Crippen molar-refractivity contribution in [1.82, 2.24) is 14.1 Å². The molecular formula is C24H21ClF5N3O7S. The number of carbonyl (C=O) groups is 1. The molecule has 17 heteroatoms. The summed E-state index contributed by atoms with van der Waals surface area (Å²) in [6, 6.07) is 2.76. The van der Waals surface area contributed by atoms with Gasteiger partial charge in [0.1, 0.15) is 23.9 Å². The normalized spacial score (nSPS) is 11.5. The number of nitrogens with zero attached hydrogens (tertiary/aromatic N) is 3. The predicted octanol–water partition coefficient (Wildman–Crippen LogP) is 3.62. The topological polar surface area (TPSA) is 111 Å². The monoisotopic (exact) mass is 625 g/mol. The van der Waals surface area contributed by atoms with Gasteiger partial charge >= 0.3 is 17.8 Å². The van der Waals surface area contributed by atoms with Crippen LogP contribution in [0.15, 0.2) is 49.8 Å². The van der Waals surface area contributed by atoms with E-state index in [1.165, 1.54) is 7.11 Å². The molecule has 0 saturated carbocycles. The molecule has 1 aromatic carbocycles.